The summed E-state index contributed by atoms with van der Waals surface area (Å²) in [6, 6.07) is 16.7. The second-order valence-electron chi connectivity index (χ2n) is 6.62. The van der Waals surface area contributed by atoms with E-state index >= 15 is 0 Å². The lowest BCUT2D eigenvalue weighted by atomic mass is 9.97. The first-order chi connectivity index (χ1) is 13.6. The Hall–Kier alpha value is -3.51. The number of fused-ring (bicyclic) bond motifs is 1. The Kier molecular flexibility index (Phi) is 4.63. The Morgan fingerprint density at radius 1 is 1.11 bits per heavy atom. The molecule has 4 rings (SSSR count). The molecule has 0 bridgehead atoms. The molecule has 0 aliphatic carbocycles. The van der Waals surface area contributed by atoms with Gasteiger partial charge in [0, 0.05) is 6.20 Å². The van der Waals surface area contributed by atoms with E-state index in [9.17, 15) is 15.0 Å². The van der Waals surface area contributed by atoms with Crippen molar-refractivity contribution in [3.05, 3.63) is 83.3 Å². The average Bonchev–Trinajstić information content (AvgIpc) is 3.07. The average molecular weight is 373 g/mol. The summed E-state index contributed by atoms with van der Waals surface area (Å²) in [6.45, 7) is 2.10. The molecule has 4 aromatic rings. The van der Waals surface area contributed by atoms with Crippen molar-refractivity contribution in [2.24, 2.45) is 0 Å². The van der Waals surface area contributed by atoms with Crippen molar-refractivity contribution in [3.8, 4) is 11.1 Å². The van der Waals surface area contributed by atoms with Crippen LogP contribution in [-0.4, -0.2) is 30.7 Å². The van der Waals surface area contributed by atoms with Crippen LogP contribution < -0.4 is 0 Å². The van der Waals surface area contributed by atoms with Crippen LogP contribution in [0.25, 0.3) is 22.3 Å². The first-order valence-corrected chi connectivity index (χ1v) is 8.91. The second-order valence-corrected chi connectivity index (χ2v) is 6.62. The molecular weight excluding hydrogens is 354 g/mol. The van der Waals surface area contributed by atoms with Crippen LogP contribution in [0.5, 0.6) is 0 Å². The van der Waals surface area contributed by atoms with E-state index in [0.29, 0.717) is 23.6 Å². The van der Waals surface area contributed by atoms with Crippen LogP contribution in [0, 0.1) is 6.92 Å². The van der Waals surface area contributed by atoms with E-state index in [-0.39, 0.29) is 12.2 Å². The number of rotatable bonds is 5. The molecule has 0 radical (unpaired) electrons. The van der Waals surface area contributed by atoms with Gasteiger partial charge in [-0.1, -0.05) is 42.5 Å². The van der Waals surface area contributed by atoms with E-state index in [1.54, 1.807) is 12.3 Å². The number of aromatic carboxylic acids is 1. The number of aromatic nitrogens is 3. The van der Waals surface area contributed by atoms with Crippen LogP contribution >= 0.6 is 0 Å². The fraction of sp³-hybridized carbons (Fsp3) is 0.136. The van der Waals surface area contributed by atoms with Gasteiger partial charge in [0.25, 0.3) is 0 Å². The van der Waals surface area contributed by atoms with Crippen LogP contribution in [0.2, 0.25) is 0 Å². The number of aliphatic hydroxyl groups is 1. The minimum atomic E-state index is -0.979. The Bertz CT molecular complexity index is 1170. The number of benzene rings is 2. The number of aryl methyl sites for hydroxylation is 1. The fourth-order valence-electron chi connectivity index (χ4n) is 3.39. The Morgan fingerprint density at radius 2 is 1.89 bits per heavy atom. The van der Waals surface area contributed by atoms with E-state index in [0.717, 1.165) is 22.2 Å². The first kappa shape index (κ1) is 17.9. The standard InChI is InChI=1S/C22H19N3O3/c1-14-9-10-23-21-20(14)24-19(13-26)25(21)12-15-7-8-17(18(11-15)22(27)28)16-5-3-2-4-6-16/h2-11,26H,12-13H2,1H3,(H,27,28). The van der Waals surface area contributed by atoms with Gasteiger partial charge in [-0.3, -0.25) is 0 Å². The van der Waals surface area contributed by atoms with Crippen molar-refractivity contribution >= 4 is 17.1 Å². The van der Waals surface area contributed by atoms with E-state index in [2.05, 4.69) is 9.97 Å². The van der Waals surface area contributed by atoms with Crippen molar-refractivity contribution in [1.29, 1.82) is 0 Å². The molecule has 2 heterocycles. The van der Waals surface area contributed by atoms with Gasteiger partial charge < -0.3 is 14.8 Å². The highest BCUT2D eigenvalue weighted by atomic mass is 16.4. The molecule has 140 valence electrons. The monoisotopic (exact) mass is 373 g/mol. The Balaban J connectivity index is 1.79. The SMILES string of the molecule is Cc1ccnc2c1nc(CO)n2Cc1ccc(-c2ccccc2)c(C(=O)O)c1. The van der Waals surface area contributed by atoms with Gasteiger partial charge in [0.15, 0.2) is 5.65 Å². The number of nitrogens with zero attached hydrogens (tertiary/aromatic N) is 3. The number of pyridine rings is 1. The molecule has 0 aliphatic rings. The zero-order valence-corrected chi connectivity index (χ0v) is 15.3. The van der Waals surface area contributed by atoms with Gasteiger partial charge in [-0.25, -0.2) is 14.8 Å². The zero-order chi connectivity index (χ0) is 19.7. The van der Waals surface area contributed by atoms with E-state index < -0.39 is 5.97 Å². The van der Waals surface area contributed by atoms with Crippen LogP contribution in [0.1, 0.15) is 27.3 Å². The van der Waals surface area contributed by atoms with Crippen molar-refractivity contribution < 1.29 is 15.0 Å². The molecule has 28 heavy (non-hydrogen) atoms. The molecule has 0 saturated carbocycles. The minimum Gasteiger partial charge on any atom is -0.478 e. The molecule has 0 fully saturated rings. The molecule has 2 aromatic heterocycles. The molecule has 0 saturated heterocycles. The Morgan fingerprint density at radius 3 is 2.61 bits per heavy atom. The fourth-order valence-corrected chi connectivity index (χ4v) is 3.39. The number of aliphatic hydroxyl groups excluding tert-OH is 1. The van der Waals surface area contributed by atoms with Crippen molar-refractivity contribution in [2.75, 3.05) is 0 Å². The normalized spacial score (nSPS) is 11.1. The molecule has 0 aliphatic heterocycles. The van der Waals surface area contributed by atoms with Crippen LogP contribution in [0.3, 0.4) is 0 Å². The molecule has 6 heteroatoms. The number of imidazole rings is 1. The van der Waals surface area contributed by atoms with Gasteiger partial charge in [0.1, 0.15) is 17.9 Å². The van der Waals surface area contributed by atoms with Crippen molar-refractivity contribution in [2.45, 2.75) is 20.1 Å². The zero-order valence-electron chi connectivity index (χ0n) is 15.3. The molecule has 0 amide bonds. The van der Waals surface area contributed by atoms with Crippen molar-refractivity contribution in [1.82, 2.24) is 14.5 Å². The lowest BCUT2D eigenvalue weighted by Crippen LogP contribution is -2.08. The number of carboxylic acid groups (broad SMARTS) is 1. The largest absolute Gasteiger partial charge is 0.478 e. The number of hydrogen-bond acceptors (Lipinski definition) is 4. The topological polar surface area (TPSA) is 88.2 Å². The third kappa shape index (κ3) is 3.14. The predicted molar refractivity (Wildman–Crippen MR) is 106 cm³/mol. The lowest BCUT2D eigenvalue weighted by Gasteiger charge is -2.11. The summed E-state index contributed by atoms with van der Waals surface area (Å²) in [5, 5.41) is 19.4. The summed E-state index contributed by atoms with van der Waals surface area (Å²) in [4.78, 5) is 20.7. The maximum Gasteiger partial charge on any atom is 0.336 e. The summed E-state index contributed by atoms with van der Waals surface area (Å²) in [7, 11) is 0. The molecule has 0 spiro atoms. The summed E-state index contributed by atoms with van der Waals surface area (Å²) in [5.41, 5.74) is 4.96. The number of carbonyl (C=O) groups is 1. The minimum absolute atomic E-state index is 0.219. The summed E-state index contributed by atoms with van der Waals surface area (Å²) in [6.07, 6.45) is 1.71. The highest BCUT2D eigenvalue weighted by Gasteiger charge is 2.16. The molecule has 2 aromatic carbocycles. The summed E-state index contributed by atoms with van der Waals surface area (Å²) in [5.74, 6) is -0.478. The van der Waals surface area contributed by atoms with E-state index in [4.69, 9.17) is 0 Å². The maximum atomic E-state index is 11.9. The summed E-state index contributed by atoms with van der Waals surface area (Å²) < 4.78 is 1.82. The van der Waals surface area contributed by atoms with Gasteiger partial charge in [0.2, 0.25) is 0 Å². The van der Waals surface area contributed by atoms with Crippen LogP contribution in [-0.2, 0) is 13.2 Å². The smallest absolute Gasteiger partial charge is 0.336 e. The number of hydrogen-bond donors (Lipinski definition) is 2. The molecule has 0 atom stereocenters. The third-order valence-electron chi connectivity index (χ3n) is 4.80. The number of carboxylic acids is 1. The first-order valence-electron chi connectivity index (χ1n) is 8.91. The lowest BCUT2D eigenvalue weighted by molar-refractivity contribution is 0.0697. The van der Waals surface area contributed by atoms with Gasteiger partial charge in [0.05, 0.1) is 12.1 Å². The van der Waals surface area contributed by atoms with Gasteiger partial charge in [-0.2, -0.15) is 0 Å². The van der Waals surface area contributed by atoms with Gasteiger partial charge in [-0.15, -0.1) is 0 Å². The highest BCUT2D eigenvalue weighted by molar-refractivity contribution is 5.96. The third-order valence-corrected chi connectivity index (χ3v) is 4.80. The Labute approximate surface area is 161 Å². The van der Waals surface area contributed by atoms with Crippen LogP contribution in [0.4, 0.5) is 0 Å². The molecule has 2 N–H and O–H groups in total. The van der Waals surface area contributed by atoms with E-state index in [1.807, 2.05) is 60.0 Å². The van der Waals surface area contributed by atoms with Crippen LogP contribution in [0.15, 0.2) is 60.8 Å². The molecular formula is C22H19N3O3. The van der Waals surface area contributed by atoms with Gasteiger partial charge in [-0.05, 0) is 41.3 Å². The second kappa shape index (κ2) is 7.25. The van der Waals surface area contributed by atoms with Crippen molar-refractivity contribution in [3.63, 3.8) is 0 Å². The quantitative estimate of drug-likeness (QED) is 0.557. The maximum absolute atomic E-state index is 11.9. The molecule has 6 nitrogen and oxygen atoms in total. The highest BCUT2D eigenvalue weighted by Crippen LogP contribution is 2.26. The van der Waals surface area contributed by atoms with E-state index in [1.165, 1.54) is 0 Å². The van der Waals surface area contributed by atoms with Gasteiger partial charge >= 0.3 is 5.97 Å². The predicted octanol–water partition coefficient (Wildman–Crippen LogP) is 3.65. The molecule has 0 unspecified atom stereocenters. The summed E-state index contributed by atoms with van der Waals surface area (Å²) >= 11 is 0.